The van der Waals surface area contributed by atoms with Crippen LogP contribution in [0.1, 0.15) is 16.2 Å². The van der Waals surface area contributed by atoms with E-state index in [1.54, 1.807) is 29.5 Å². The summed E-state index contributed by atoms with van der Waals surface area (Å²) in [6.07, 6.45) is 1.45. The molecule has 130 valence electrons. The minimum atomic E-state index is -3.34. The first kappa shape index (κ1) is 16.1. The molecule has 1 amide bonds. The molecule has 0 radical (unpaired) electrons. The molecule has 0 aromatic carbocycles. The van der Waals surface area contributed by atoms with Gasteiger partial charge in [-0.05, 0) is 29.6 Å². The second-order valence-corrected chi connectivity index (χ2v) is 9.09. The lowest BCUT2D eigenvalue weighted by atomic mass is 10.2. The predicted molar refractivity (Wildman–Crippen MR) is 92.9 cm³/mol. The fourth-order valence-electron chi connectivity index (χ4n) is 2.69. The fourth-order valence-corrected chi connectivity index (χ4v) is 5.00. The number of hydrogen-bond donors (Lipinski definition) is 1. The lowest BCUT2D eigenvalue weighted by Gasteiger charge is -2.38. The van der Waals surface area contributed by atoms with Crippen molar-refractivity contribution >= 4 is 27.1 Å². The van der Waals surface area contributed by atoms with Gasteiger partial charge in [-0.3, -0.25) is 9.89 Å². The first-order chi connectivity index (χ1) is 12.0. The summed E-state index contributed by atoms with van der Waals surface area (Å²) in [4.78, 5) is 14.9. The molecule has 1 aliphatic rings. The Morgan fingerprint density at radius 1 is 1.36 bits per heavy atom. The Kier molecular flexibility index (Phi) is 3.97. The topological polar surface area (TPSA) is 96.3 Å². The van der Waals surface area contributed by atoms with Crippen molar-refractivity contribution in [2.75, 3.05) is 13.1 Å². The van der Waals surface area contributed by atoms with E-state index in [0.29, 0.717) is 11.5 Å². The van der Waals surface area contributed by atoms with Crippen LogP contribution in [0, 0.1) is 0 Å². The van der Waals surface area contributed by atoms with Crippen molar-refractivity contribution in [2.45, 2.75) is 11.0 Å². The molecule has 0 unspecified atom stereocenters. The standard InChI is InChI=1S/C16H15N3O4S2/c20-16(14-7-13(17-18-14)15-4-2-6-24-15)19-8-12(9-19)25(21,22)10-11-3-1-5-23-11/h1-7,12H,8-10H2,(H,17,18). The molecule has 25 heavy (non-hydrogen) atoms. The highest BCUT2D eigenvalue weighted by molar-refractivity contribution is 7.91. The van der Waals surface area contributed by atoms with Gasteiger partial charge in [0.2, 0.25) is 0 Å². The molecule has 1 aliphatic heterocycles. The van der Waals surface area contributed by atoms with E-state index in [4.69, 9.17) is 4.42 Å². The van der Waals surface area contributed by atoms with E-state index in [1.165, 1.54) is 11.2 Å². The molecule has 3 aromatic rings. The van der Waals surface area contributed by atoms with E-state index in [2.05, 4.69) is 10.2 Å². The zero-order valence-electron chi connectivity index (χ0n) is 13.1. The maximum absolute atomic E-state index is 12.4. The van der Waals surface area contributed by atoms with E-state index >= 15 is 0 Å². The summed E-state index contributed by atoms with van der Waals surface area (Å²) in [5.74, 6) is 0.0126. The van der Waals surface area contributed by atoms with Crippen LogP contribution < -0.4 is 0 Å². The van der Waals surface area contributed by atoms with E-state index in [-0.39, 0.29) is 24.7 Å². The summed E-state index contributed by atoms with van der Waals surface area (Å²) in [6.45, 7) is 0.367. The van der Waals surface area contributed by atoms with Crippen molar-refractivity contribution in [3.63, 3.8) is 0 Å². The molecule has 7 nitrogen and oxygen atoms in total. The van der Waals surface area contributed by atoms with Crippen molar-refractivity contribution in [1.82, 2.24) is 15.1 Å². The van der Waals surface area contributed by atoms with Crippen LogP contribution >= 0.6 is 11.3 Å². The average molecular weight is 377 g/mol. The minimum absolute atomic E-state index is 0.141. The predicted octanol–water partition coefficient (Wildman–Crippen LogP) is 2.17. The zero-order valence-corrected chi connectivity index (χ0v) is 14.7. The number of hydrogen-bond acceptors (Lipinski definition) is 6. The zero-order chi connectivity index (χ0) is 17.4. The normalized spacial score (nSPS) is 15.3. The Morgan fingerprint density at radius 3 is 2.88 bits per heavy atom. The number of sulfone groups is 1. The van der Waals surface area contributed by atoms with Crippen LogP contribution in [0.5, 0.6) is 0 Å². The number of thiophene rings is 1. The van der Waals surface area contributed by atoms with Gasteiger partial charge in [-0.25, -0.2) is 8.42 Å². The number of carbonyl (C=O) groups is 1. The quantitative estimate of drug-likeness (QED) is 0.735. The number of aromatic nitrogens is 2. The summed E-state index contributed by atoms with van der Waals surface area (Å²) in [5.41, 5.74) is 1.08. The SMILES string of the molecule is O=C(c1cc(-c2cccs2)[nH]n1)N1CC(S(=O)(=O)Cc2ccco2)C1. The highest BCUT2D eigenvalue weighted by atomic mass is 32.2. The second kappa shape index (κ2) is 6.16. The smallest absolute Gasteiger partial charge is 0.274 e. The van der Waals surface area contributed by atoms with Crippen LogP contribution in [0.15, 0.2) is 46.4 Å². The van der Waals surface area contributed by atoms with Crippen molar-refractivity contribution < 1.29 is 17.6 Å². The molecular formula is C16H15N3O4S2. The molecule has 9 heteroatoms. The molecule has 1 saturated heterocycles. The largest absolute Gasteiger partial charge is 0.468 e. The number of amides is 1. The molecule has 4 rings (SSSR count). The van der Waals surface area contributed by atoms with Crippen molar-refractivity contribution in [1.29, 1.82) is 0 Å². The van der Waals surface area contributed by atoms with Crippen LogP contribution in [0.3, 0.4) is 0 Å². The van der Waals surface area contributed by atoms with Crippen LogP contribution in [0.25, 0.3) is 10.6 Å². The van der Waals surface area contributed by atoms with Gasteiger partial charge in [-0.15, -0.1) is 11.3 Å². The maximum Gasteiger partial charge on any atom is 0.274 e. The second-order valence-electron chi connectivity index (χ2n) is 5.86. The number of likely N-dealkylation sites (tertiary alicyclic amines) is 1. The van der Waals surface area contributed by atoms with Crippen LogP contribution in [-0.4, -0.2) is 47.8 Å². The lowest BCUT2D eigenvalue weighted by molar-refractivity contribution is 0.0652. The van der Waals surface area contributed by atoms with Gasteiger partial charge < -0.3 is 9.32 Å². The first-order valence-electron chi connectivity index (χ1n) is 7.65. The monoisotopic (exact) mass is 377 g/mol. The molecule has 0 spiro atoms. The van der Waals surface area contributed by atoms with Crippen LogP contribution in [0.4, 0.5) is 0 Å². The molecular weight excluding hydrogens is 362 g/mol. The van der Waals surface area contributed by atoms with Gasteiger partial charge in [0.1, 0.15) is 11.5 Å². The number of nitrogens with one attached hydrogen (secondary N) is 1. The number of carbonyl (C=O) groups excluding carboxylic acids is 1. The molecule has 0 aliphatic carbocycles. The molecule has 3 aromatic heterocycles. The molecule has 0 bridgehead atoms. The average Bonchev–Trinajstić information content (AvgIpc) is 3.27. The van der Waals surface area contributed by atoms with Gasteiger partial charge >= 0.3 is 0 Å². The van der Waals surface area contributed by atoms with E-state index in [9.17, 15) is 13.2 Å². The summed E-state index contributed by atoms with van der Waals surface area (Å²) in [5, 5.41) is 8.28. The lowest BCUT2D eigenvalue weighted by Crippen LogP contribution is -2.57. The van der Waals surface area contributed by atoms with Gasteiger partial charge in [0.05, 0.1) is 22.1 Å². The van der Waals surface area contributed by atoms with E-state index in [1.807, 2.05) is 17.5 Å². The number of H-pyrrole nitrogens is 1. The van der Waals surface area contributed by atoms with Gasteiger partial charge in [-0.1, -0.05) is 6.07 Å². The van der Waals surface area contributed by atoms with Gasteiger partial charge in [0.25, 0.3) is 5.91 Å². The van der Waals surface area contributed by atoms with Gasteiger partial charge in [0.15, 0.2) is 15.5 Å². The minimum Gasteiger partial charge on any atom is -0.468 e. The first-order valence-corrected chi connectivity index (χ1v) is 10.2. The van der Waals surface area contributed by atoms with Gasteiger partial charge in [0, 0.05) is 13.1 Å². The number of nitrogens with zero attached hydrogens (tertiary/aromatic N) is 2. The van der Waals surface area contributed by atoms with Gasteiger partial charge in [-0.2, -0.15) is 5.10 Å². The molecule has 0 saturated carbocycles. The Morgan fingerprint density at radius 2 is 2.20 bits per heavy atom. The number of furan rings is 1. The summed E-state index contributed by atoms with van der Waals surface area (Å²) >= 11 is 1.55. The van der Waals surface area contributed by atoms with Crippen LogP contribution in [0.2, 0.25) is 0 Å². The Labute approximate surface area is 148 Å². The Balaban J connectivity index is 1.39. The fraction of sp³-hybridized carbons (Fsp3) is 0.250. The summed E-state index contributed by atoms with van der Waals surface area (Å²) < 4.78 is 29.7. The summed E-state index contributed by atoms with van der Waals surface area (Å²) in [6, 6.07) is 8.84. The van der Waals surface area contributed by atoms with Crippen molar-refractivity contribution in [3.8, 4) is 10.6 Å². The molecule has 4 heterocycles. The Hall–Kier alpha value is -2.39. The van der Waals surface area contributed by atoms with E-state index in [0.717, 1.165) is 10.6 Å². The molecule has 1 fully saturated rings. The highest BCUT2D eigenvalue weighted by Crippen LogP contribution is 2.25. The van der Waals surface area contributed by atoms with Crippen LogP contribution in [-0.2, 0) is 15.6 Å². The number of aromatic amines is 1. The third kappa shape index (κ3) is 3.12. The highest BCUT2D eigenvalue weighted by Gasteiger charge is 2.40. The van der Waals surface area contributed by atoms with Crippen molar-refractivity contribution in [2.24, 2.45) is 0 Å². The third-order valence-corrected chi connectivity index (χ3v) is 7.05. The molecule has 1 N–H and O–H groups in total. The summed E-state index contributed by atoms with van der Waals surface area (Å²) in [7, 11) is -3.34. The Bertz CT molecular complexity index is 969. The maximum atomic E-state index is 12.4. The third-order valence-electron chi connectivity index (χ3n) is 4.15. The van der Waals surface area contributed by atoms with Crippen molar-refractivity contribution in [3.05, 3.63) is 53.4 Å². The molecule has 0 atom stereocenters. The van der Waals surface area contributed by atoms with E-state index < -0.39 is 15.1 Å². The number of rotatable bonds is 5.